The van der Waals surface area contributed by atoms with E-state index in [4.69, 9.17) is 13.9 Å². The van der Waals surface area contributed by atoms with Crippen molar-refractivity contribution in [2.45, 2.75) is 19.0 Å². The number of rotatable bonds is 9. The summed E-state index contributed by atoms with van der Waals surface area (Å²) in [5.41, 5.74) is 0.852. The molecule has 0 aliphatic rings. The number of esters is 2. The molecule has 9 nitrogen and oxygen atoms in total. The number of nitrogens with one attached hydrogen (secondary N) is 1. The maximum absolute atomic E-state index is 12.2. The molecule has 0 aliphatic carbocycles. The molecule has 1 atom stereocenters. The predicted molar refractivity (Wildman–Crippen MR) is 104 cm³/mol. The minimum atomic E-state index is -0.895. The topological polar surface area (TPSA) is 113 Å². The van der Waals surface area contributed by atoms with E-state index in [1.54, 1.807) is 29.2 Å². The molecule has 3 aromatic rings. The Morgan fingerprint density at radius 1 is 1.13 bits per heavy atom. The van der Waals surface area contributed by atoms with E-state index < -0.39 is 30.5 Å². The summed E-state index contributed by atoms with van der Waals surface area (Å²) in [6.45, 7) is -0.197. The monoisotopic (exact) mass is 411 g/mol. The van der Waals surface area contributed by atoms with Gasteiger partial charge in [0.15, 0.2) is 6.61 Å². The SMILES string of the molecule is COC(=O)C(Cc1ccccc1)NC(=O)COC(=O)c1ccc(Cn2cccn2)o1. The second-order valence-corrected chi connectivity index (χ2v) is 6.38. The van der Waals surface area contributed by atoms with Gasteiger partial charge in [0.25, 0.3) is 5.91 Å². The van der Waals surface area contributed by atoms with E-state index in [-0.39, 0.29) is 12.2 Å². The highest BCUT2D eigenvalue weighted by atomic mass is 16.5. The molecule has 2 aromatic heterocycles. The van der Waals surface area contributed by atoms with E-state index in [9.17, 15) is 14.4 Å². The molecule has 0 radical (unpaired) electrons. The first kappa shape index (κ1) is 20.8. The minimum absolute atomic E-state index is 0.0289. The van der Waals surface area contributed by atoms with Gasteiger partial charge < -0.3 is 19.2 Å². The lowest BCUT2D eigenvalue weighted by Gasteiger charge is -2.16. The number of furan rings is 1. The van der Waals surface area contributed by atoms with Crippen LogP contribution in [-0.4, -0.2) is 47.4 Å². The van der Waals surface area contributed by atoms with Crippen LogP contribution in [-0.2, 0) is 32.0 Å². The fourth-order valence-electron chi connectivity index (χ4n) is 2.75. The highest BCUT2D eigenvalue weighted by Crippen LogP contribution is 2.11. The number of methoxy groups -OCH3 is 1. The molecular formula is C21H21N3O6. The molecule has 156 valence electrons. The van der Waals surface area contributed by atoms with Crippen molar-refractivity contribution in [3.8, 4) is 0 Å². The predicted octanol–water partition coefficient (Wildman–Crippen LogP) is 1.58. The third kappa shape index (κ3) is 5.81. The van der Waals surface area contributed by atoms with E-state index in [1.165, 1.54) is 13.2 Å². The van der Waals surface area contributed by atoms with Crippen molar-refractivity contribution in [2.24, 2.45) is 0 Å². The van der Waals surface area contributed by atoms with Crippen LogP contribution < -0.4 is 5.32 Å². The number of carbonyl (C=O) groups is 3. The first-order valence-corrected chi connectivity index (χ1v) is 9.19. The lowest BCUT2D eigenvalue weighted by atomic mass is 10.1. The Hall–Kier alpha value is -3.88. The van der Waals surface area contributed by atoms with Gasteiger partial charge in [-0.3, -0.25) is 9.48 Å². The molecule has 1 unspecified atom stereocenters. The van der Waals surface area contributed by atoms with Gasteiger partial charge in [-0.25, -0.2) is 9.59 Å². The third-order valence-corrected chi connectivity index (χ3v) is 4.18. The van der Waals surface area contributed by atoms with Crippen molar-refractivity contribution < 1.29 is 28.3 Å². The van der Waals surface area contributed by atoms with Crippen LogP contribution in [0, 0.1) is 0 Å². The molecule has 1 aromatic carbocycles. The van der Waals surface area contributed by atoms with Crippen LogP contribution in [0.2, 0.25) is 0 Å². The van der Waals surface area contributed by atoms with E-state index in [2.05, 4.69) is 10.4 Å². The van der Waals surface area contributed by atoms with Gasteiger partial charge in [-0.1, -0.05) is 30.3 Å². The van der Waals surface area contributed by atoms with Gasteiger partial charge in [0.1, 0.15) is 11.8 Å². The molecule has 0 fully saturated rings. The fourth-order valence-corrected chi connectivity index (χ4v) is 2.75. The van der Waals surface area contributed by atoms with Crippen LogP contribution in [0.15, 0.2) is 65.3 Å². The summed E-state index contributed by atoms with van der Waals surface area (Å²) in [7, 11) is 1.24. The van der Waals surface area contributed by atoms with Crippen molar-refractivity contribution in [3.63, 3.8) is 0 Å². The Morgan fingerprint density at radius 2 is 1.93 bits per heavy atom. The van der Waals surface area contributed by atoms with Crippen molar-refractivity contribution in [3.05, 3.63) is 78.0 Å². The molecule has 0 aliphatic heterocycles. The number of hydrogen-bond acceptors (Lipinski definition) is 7. The van der Waals surface area contributed by atoms with Crippen LogP contribution in [0.5, 0.6) is 0 Å². The van der Waals surface area contributed by atoms with Gasteiger partial charge in [0.2, 0.25) is 5.76 Å². The maximum atomic E-state index is 12.2. The highest BCUT2D eigenvalue weighted by molar-refractivity contribution is 5.90. The lowest BCUT2D eigenvalue weighted by Crippen LogP contribution is -2.44. The number of nitrogens with zero attached hydrogens (tertiary/aromatic N) is 2. The summed E-state index contributed by atoms with van der Waals surface area (Å²) >= 11 is 0. The van der Waals surface area contributed by atoms with Crippen molar-refractivity contribution in [1.82, 2.24) is 15.1 Å². The quantitative estimate of drug-likeness (QED) is 0.532. The van der Waals surface area contributed by atoms with Gasteiger partial charge in [-0.05, 0) is 23.8 Å². The summed E-state index contributed by atoms with van der Waals surface area (Å²) in [5, 5.41) is 6.58. The van der Waals surface area contributed by atoms with Crippen LogP contribution in [0.1, 0.15) is 21.9 Å². The largest absolute Gasteiger partial charge is 0.467 e. The summed E-state index contributed by atoms with van der Waals surface area (Å²) < 4.78 is 16.8. The smallest absolute Gasteiger partial charge is 0.374 e. The zero-order chi connectivity index (χ0) is 21.3. The Labute approximate surface area is 172 Å². The molecule has 1 amide bonds. The lowest BCUT2D eigenvalue weighted by molar-refractivity contribution is -0.145. The van der Waals surface area contributed by atoms with Crippen molar-refractivity contribution in [2.75, 3.05) is 13.7 Å². The fraction of sp³-hybridized carbons (Fsp3) is 0.238. The number of ether oxygens (including phenoxy) is 2. The van der Waals surface area contributed by atoms with E-state index in [1.807, 2.05) is 30.3 Å². The zero-order valence-electron chi connectivity index (χ0n) is 16.3. The summed E-state index contributed by atoms with van der Waals surface area (Å²) in [6.07, 6.45) is 3.65. The van der Waals surface area contributed by atoms with E-state index in [0.717, 1.165) is 5.56 Å². The number of benzene rings is 1. The Balaban J connectivity index is 1.51. The van der Waals surface area contributed by atoms with Gasteiger partial charge >= 0.3 is 11.9 Å². The standard InChI is InChI=1S/C21H21N3O6/c1-28-20(26)17(12-15-6-3-2-4-7-15)23-19(25)14-29-21(27)18-9-8-16(30-18)13-24-11-5-10-22-24/h2-11,17H,12-14H2,1H3,(H,23,25). The van der Waals surface area contributed by atoms with Gasteiger partial charge in [0.05, 0.1) is 13.7 Å². The number of hydrogen-bond donors (Lipinski definition) is 1. The van der Waals surface area contributed by atoms with Gasteiger partial charge in [-0.15, -0.1) is 0 Å². The first-order chi connectivity index (χ1) is 14.5. The molecule has 1 N–H and O–H groups in total. The number of amides is 1. The molecule has 2 heterocycles. The molecular weight excluding hydrogens is 390 g/mol. The molecule has 0 saturated heterocycles. The average Bonchev–Trinajstić information content (AvgIpc) is 3.44. The Bertz CT molecular complexity index is 981. The normalized spacial score (nSPS) is 11.5. The highest BCUT2D eigenvalue weighted by Gasteiger charge is 2.23. The van der Waals surface area contributed by atoms with Crippen LogP contribution in [0.4, 0.5) is 0 Å². The maximum Gasteiger partial charge on any atom is 0.374 e. The number of carbonyl (C=O) groups excluding carboxylic acids is 3. The summed E-state index contributed by atoms with van der Waals surface area (Å²) in [5.74, 6) is -1.51. The van der Waals surface area contributed by atoms with Gasteiger partial charge in [0, 0.05) is 18.8 Å². The molecule has 0 saturated carbocycles. The van der Waals surface area contributed by atoms with Crippen LogP contribution in [0.25, 0.3) is 0 Å². The average molecular weight is 411 g/mol. The molecule has 3 rings (SSSR count). The molecule has 30 heavy (non-hydrogen) atoms. The molecule has 9 heteroatoms. The Kier molecular flexibility index (Phi) is 6.99. The van der Waals surface area contributed by atoms with Crippen LogP contribution in [0.3, 0.4) is 0 Å². The van der Waals surface area contributed by atoms with Crippen molar-refractivity contribution >= 4 is 17.8 Å². The summed E-state index contributed by atoms with van der Waals surface area (Å²) in [6, 6.07) is 13.2. The third-order valence-electron chi connectivity index (χ3n) is 4.18. The second-order valence-electron chi connectivity index (χ2n) is 6.38. The molecule has 0 bridgehead atoms. The second kappa shape index (κ2) is 10.1. The van der Waals surface area contributed by atoms with Crippen molar-refractivity contribution in [1.29, 1.82) is 0 Å². The molecule has 0 spiro atoms. The number of aromatic nitrogens is 2. The minimum Gasteiger partial charge on any atom is -0.467 e. The van der Waals surface area contributed by atoms with Crippen LogP contribution >= 0.6 is 0 Å². The Morgan fingerprint density at radius 3 is 2.63 bits per heavy atom. The van der Waals surface area contributed by atoms with Gasteiger partial charge in [-0.2, -0.15) is 5.10 Å². The first-order valence-electron chi connectivity index (χ1n) is 9.19. The summed E-state index contributed by atoms with van der Waals surface area (Å²) in [4.78, 5) is 36.3. The van der Waals surface area contributed by atoms with E-state index in [0.29, 0.717) is 12.3 Å². The zero-order valence-corrected chi connectivity index (χ0v) is 16.3. The van der Waals surface area contributed by atoms with E-state index >= 15 is 0 Å².